The Bertz CT molecular complexity index is 1260. The highest BCUT2D eigenvalue weighted by Gasteiger charge is 2.47. The van der Waals surface area contributed by atoms with Crippen molar-refractivity contribution >= 4 is 25.7 Å². The van der Waals surface area contributed by atoms with Crippen molar-refractivity contribution in [1.29, 1.82) is 0 Å². The standard InChI is InChI=1S/C21H22ClNO9S/c1-23-8-7-10-12(19(31-4)15(24)16(25)20(10)33(22,27)28)14(23)17-9-5-6-11(29-2)18(30-3)13(9)21(26)32-17/h5-6,14,17,24-25H,7-8H2,1-4H3. The molecule has 2 aliphatic rings. The molecule has 33 heavy (non-hydrogen) atoms. The van der Waals surface area contributed by atoms with Crippen LogP contribution in [0.2, 0.25) is 0 Å². The van der Waals surface area contributed by atoms with Crippen LogP contribution in [0.1, 0.15) is 39.2 Å². The number of esters is 1. The van der Waals surface area contributed by atoms with E-state index in [1.165, 1.54) is 21.3 Å². The van der Waals surface area contributed by atoms with Crippen LogP contribution in [0.15, 0.2) is 17.0 Å². The zero-order chi connectivity index (χ0) is 24.2. The van der Waals surface area contributed by atoms with Crippen LogP contribution in [0.3, 0.4) is 0 Å². The smallest absolute Gasteiger partial charge is 0.343 e. The van der Waals surface area contributed by atoms with Gasteiger partial charge in [-0.25, -0.2) is 13.2 Å². The van der Waals surface area contributed by atoms with Gasteiger partial charge in [0.05, 0.1) is 27.4 Å². The molecule has 0 saturated carbocycles. The largest absolute Gasteiger partial charge is 0.503 e. The predicted octanol–water partition coefficient (Wildman–Crippen LogP) is 2.49. The minimum atomic E-state index is -4.43. The van der Waals surface area contributed by atoms with Crippen molar-refractivity contribution in [3.05, 3.63) is 34.4 Å². The van der Waals surface area contributed by atoms with E-state index in [4.69, 9.17) is 29.6 Å². The van der Waals surface area contributed by atoms with Crippen LogP contribution in [-0.4, -0.2) is 64.4 Å². The number of halogens is 1. The van der Waals surface area contributed by atoms with E-state index in [1.807, 2.05) is 4.90 Å². The minimum absolute atomic E-state index is 0.131. The molecule has 0 spiro atoms. The molecule has 2 unspecified atom stereocenters. The molecule has 10 nitrogen and oxygen atoms in total. The SMILES string of the molecule is COc1ccc2c(c1OC)C(=O)OC2C1c2c(c(S(=O)(=O)Cl)c(O)c(O)c2OC)CCN1C. The van der Waals surface area contributed by atoms with Gasteiger partial charge in [-0.15, -0.1) is 0 Å². The summed E-state index contributed by atoms with van der Waals surface area (Å²) in [6.07, 6.45) is -0.715. The maximum atomic E-state index is 12.9. The molecule has 0 fully saturated rings. The van der Waals surface area contributed by atoms with Crippen molar-refractivity contribution in [1.82, 2.24) is 4.90 Å². The molecule has 12 heteroatoms. The summed E-state index contributed by atoms with van der Waals surface area (Å²) in [5, 5.41) is 21.0. The van der Waals surface area contributed by atoms with E-state index in [9.17, 15) is 23.4 Å². The second kappa shape index (κ2) is 8.15. The Kier molecular flexibility index (Phi) is 5.75. The van der Waals surface area contributed by atoms with Gasteiger partial charge in [0.1, 0.15) is 16.6 Å². The van der Waals surface area contributed by atoms with Crippen molar-refractivity contribution < 1.29 is 42.4 Å². The quantitative estimate of drug-likeness (QED) is 0.359. The number of cyclic esters (lactones) is 1. The highest BCUT2D eigenvalue weighted by Crippen LogP contribution is 2.56. The van der Waals surface area contributed by atoms with Gasteiger partial charge in [-0.05, 0) is 25.1 Å². The summed E-state index contributed by atoms with van der Waals surface area (Å²) in [6.45, 7) is 0.348. The lowest BCUT2D eigenvalue weighted by Gasteiger charge is -2.39. The number of carbonyl (C=O) groups is 1. The maximum absolute atomic E-state index is 12.9. The molecule has 0 aromatic heterocycles. The molecule has 2 atom stereocenters. The zero-order valence-corrected chi connectivity index (χ0v) is 19.8. The first kappa shape index (κ1) is 23.3. The molecule has 2 heterocycles. The monoisotopic (exact) mass is 499 g/mol. The summed E-state index contributed by atoms with van der Waals surface area (Å²) >= 11 is 0. The third-order valence-electron chi connectivity index (χ3n) is 6.04. The van der Waals surface area contributed by atoms with E-state index < -0.39 is 43.6 Å². The average Bonchev–Trinajstić information content (AvgIpc) is 3.09. The Morgan fingerprint density at radius 1 is 1.09 bits per heavy atom. The van der Waals surface area contributed by atoms with E-state index in [1.54, 1.807) is 19.2 Å². The summed E-state index contributed by atoms with van der Waals surface area (Å²) in [5.41, 5.74) is 1.12. The second-order valence-electron chi connectivity index (χ2n) is 7.66. The summed E-state index contributed by atoms with van der Waals surface area (Å²) in [6, 6.07) is 2.53. The lowest BCUT2D eigenvalue weighted by atomic mass is 9.85. The number of methoxy groups -OCH3 is 3. The number of hydrogen-bond donors (Lipinski definition) is 2. The third-order valence-corrected chi connectivity index (χ3v) is 7.43. The maximum Gasteiger partial charge on any atom is 0.343 e. The minimum Gasteiger partial charge on any atom is -0.503 e. The number of benzene rings is 2. The average molecular weight is 500 g/mol. The van der Waals surface area contributed by atoms with Crippen molar-refractivity contribution in [2.45, 2.75) is 23.5 Å². The number of phenols is 2. The molecule has 178 valence electrons. The fraction of sp³-hybridized carbons (Fsp3) is 0.381. The summed E-state index contributed by atoms with van der Waals surface area (Å²) in [7, 11) is 7.07. The Morgan fingerprint density at radius 2 is 1.76 bits per heavy atom. The van der Waals surface area contributed by atoms with Gasteiger partial charge < -0.3 is 29.2 Å². The Hall–Kier alpha value is -2.89. The normalized spacial score (nSPS) is 20.1. The highest BCUT2D eigenvalue weighted by molar-refractivity contribution is 8.13. The van der Waals surface area contributed by atoms with Crippen LogP contribution in [0.4, 0.5) is 0 Å². The Morgan fingerprint density at radius 3 is 2.33 bits per heavy atom. The van der Waals surface area contributed by atoms with E-state index in [2.05, 4.69) is 0 Å². The number of carbonyl (C=O) groups excluding carboxylic acids is 1. The van der Waals surface area contributed by atoms with Gasteiger partial charge in [-0.2, -0.15) is 0 Å². The number of fused-ring (bicyclic) bond motifs is 2. The molecule has 2 aromatic carbocycles. The summed E-state index contributed by atoms with van der Waals surface area (Å²) < 4.78 is 46.4. The molecule has 0 radical (unpaired) electrons. The summed E-state index contributed by atoms with van der Waals surface area (Å²) in [4.78, 5) is 14.1. The van der Waals surface area contributed by atoms with Crippen molar-refractivity contribution in [2.24, 2.45) is 0 Å². The first-order valence-electron chi connectivity index (χ1n) is 9.82. The molecule has 4 rings (SSSR count). The zero-order valence-electron chi connectivity index (χ0n) is 18.2. The number of phenolic OH excluding ortho intramolecular Hbond substituents is 2. The lowest BCUT2D eigenvalue weighted by molar-refractivity contribution is 0.00848. The van der Waals surface area contributed by atoms with Gasteiger partial charge in [0.2, 0.25) is 5.75 Å². The van der Waals surface area contributed by atoms with Crippen LogP contribution in [0.25, 0.3) is 0 Å². The topological polar surface area (TPSA) is 132 Å². The molecule has 0 saturated heterocycles. The molecule has 2 aromatic rings. The van der Waals surface area contributed by atoms with Gasteiger partial charge >= 0.3 is 5.97 Å². The van der Waals surface area contributed by atoms with Crippen LogP contribution in [-0.2, 0) is 20.2 Å². The second-order valence-corrected chi connectivity index (χ2v) is 10.2. The molecular formula is C21H22ClNO9S. The summed E-state index contributed by atoms with van der Waals surface area (Å²) in [5.74, 6) is -1.87. The Labute approximate surface area is 194 Å². The van der Waals surface area contributed by atoms with Crippen LogP contribution in [0, 0.1) is 0 Å². The van der Waals surface area contributed by atoms with Crippen LogP contribution < -0.4 is 14.2 Å². The number of aromatic hydroxyl groups is 2. The molecule has 0 bridgehead atoms. The van der Waals surface area contributed by atoms with E-state index >= 15 is 0 Å². The number of hydrogen-bond acceptors (Lipinski definition) is 10. The third kappa shape index (κ3) is 3.42. The van der Waals surface area contributed by atoms with Crippen molar-refractivity contribution in [2.75, 3.05) is 34.9 Å². The van der Waals surface area contributed by atoms with Gasteiger partial charge in [-0.1, -0.05) is 6.07 Å². The number of likely N-dealkylation sites (N-methyl/N-ethyl adjacent to an activating group) is 1. The predicted molar refractivity (Wildman–Crippen MR) is 116 cm³/mol. The van der Waals surface area contributed by atoms with Gasteiger partial charge in [0.15, 0.2) is 23.0 Å². The first-order valence-corrected chi connectivity index (χ1v) is 12.1. The Balaban J connectivity index is 2.01. The van der Waals surface area contributed by atoms with Crippen molar-refractivity contribution in [3.8, 4) is 28.7 Å². The highest BCUT2D eigenvalue weighted by atomic mass is 35.7. The number of nitrogens with zero attached hydrogens (tertiary/aromatic N) is 1. The van der Waals surface area contributed by atoms with E-state index in [0.29, 0.717) is 17.9 Å². The van der Waals surface area contributed by atoms with Gasteiger partial charge in [-0.3, -0.25) is 4.90 Å². The first-order chi connectivity index (χ1) is 15.6. The van der Waals surface area contributed by atoms with Crippen LogP contribution in [0.5, 0.6) is 28.7 Å². The molecule has 0 aliphatic carbocycles. The van der Waals surface area contributed by atoms with Gasteiger partial charge in [0.25, 0.3) is 9.05 Å². The van der Waals surface area contributed by atoms with E-state index in [-0.39, 0.29) is 34.6 Å². The molecule has 2 aliphatic heterocycles. The number of ether oxygens (including phenoxy) is 4. The fourth-order valence-electron chi connectivity index (χ4n) is 4.67. The molecule has 2 N–H and O–H groups in total. The molecule has 0 amide bonds. The fourth-order valence-corrected chi connectivity index (χ4v) is 6.00. The van der Waals surface area contributed by atoms with Crippen molar-refractivity contribution in [3.63, 3.8) is 0 Å². The van der Waals surface area contributed by atoms with Gasteiger partial charge in [0, 0.05) is 28.4 Å². The van der Waals surface area contributed by atoms with Crippen LogP contribution >= 0.6 is 10.7 Å². The number of rotatable bonds is 5. The molecular weight excluding hydrogens is 478 g/mol. The lowest BCUT2D eigenvalue weighted by Crippen LogP contribution is -2.37. The van der Waals surface area contributed by atoms with E-state index in [0.717, 1.165) is 0 Å².